The molecule has 0 saturated heterocycles. The topological polar surface area (TPSA) is 44.7 Å². The fourth-order valence-electron chi connectivity index (χ4n) is 3.02. The van der Waals surface area contributed by atoms with E-state index in [9.17, 15) is 4.79 Å². The second kappa shape index (κ2) is 8.48. The highest BCUT2D eigenvalue weighted by Crippen LogP contribution is 2.40. The number of hydrogen-bond donors (Lipinski definition) is 1. The van der Waals surface area contributed by atoms with Crippen LogP contribution in [0.15, 0.2) is 52.1 Å². The molecule has 1 aromatic carbocycles. The number of carbonyl (C=O) groups excluding carboxylic acids is 1. The third-order valence-corrected chi connectivity index (χ3v) is 4.96. The van der Waals surface area contributed by atoms with Crippen molar-refractivity contribution in [2.45, 2.75) is 52.6 Å². The summed E-state index contributed by atoms with van der Waals surface area (Å²) in [6, 6.07) is 6.08. The maximum atomic E-state index is 12.1. The molecular weight excluding hydrogens is 378 g/mol. The molecule has 1 aliphatic heterocycles. The largest absolute Gasteiger partial charge is 0.347 e. The Morgan fingerprint density at radius 2 is 2.20 bits per heavy atom. The fourth-order valence-corrected chi connectivity index (χ4v) is 3.40. The van der Waals surface area contributed by atoms with Crippen molar-refractivity contribution in [1.29, 1.82) is 0 Å². The summed E-state index contributed by atoms with van der Waals surface area (Å²) in [7, 11) is 0. The van der Waals surface area contributed by atoms with Gasteiger partial charge in [0.05, 0.1) is 6.04 Å². The third kappa shape index (κ3) is 4.60. The van der Waals surface area contributed by atoms with E-state index in [2.05, 4.69) is 54.7 Å². The molecule has 0 bridgehead atoms. The number of halogens is 1. The lowest BCUT2D eigenvalue weighted by Gasteiger charge is -2.37. The lowest BCUT2D eigenvalue weighted by molar-refractivity contribution is -0.117. The summed E-state index contributed by atoms with van der Waals surface area (Å²) in [5.41, 5.74) is 3.24. The van der Waals surface area contributed by atoms with E-state index < -0.39 is 0 Å². The van der Waals surface area contributed by atoms with Crippen molar-refractivity contribution >= 4 is 33.4 Å². The number of nitrogens with one attached hydrogen (secondary N) is 1. The van der Waals surface area contributed by atoms with E-state index in [0.717, 1.165) is 34.4 Å². The minimum atomic E-state index is -0.0195. The van der Waals surface area contributed by atoms with Crippen LogP contribution >= 0.6 is 15.9 Å². The summed E-state index contributed by atoms with van der Waals surface area (Å²) < 4.78 is 0.986. The van der Waals surface area contributed by atoms with Crippen molar-refractivity contribution < 1.29 is 4.79 Å². The number of amides is 1. The molecular formula is C20H26BrN3O. The average molecular weight is 404 g/mol. The highest BCUT2D eigenvalue weighted by Gasteiger charge is 2.32. The molecule has 1 amide bonds. The lowest BCUT2D eigenvalue weighted by atomic mass is 9.92. The monoisotopic (exact) mass is 403 g/mol. The molecule has 25 heavy (non-hydrogen) atoms. The van der Waals surface area contributed by atoms with Crippen LogP contribution in [0, 0.1) is 0 Å². The fraction of sp³-hybridized carbons (Fsp3) is 0.400. The van der Waals surface area contributed by atoms with Gasteiger partial charge in [-0.05, 0) is 51.0 Å². The molecule has 2 atom stereocenters. The standard InChI is InChI=1S/C20H26BrN3O/c1-6-13(3)12-22-20(7-2)23-18-10-14(4)24(15(5)25)19-9-8-16(21)11-17(18)19/h7-9,11-12,14,18H,2,6,10H2,1,3-5H3,(H,22,23). The van der Waals surface area contributed by atoms with E-state index in [1.165, 1.54) is 5.57 Å². The molecule has 0 aliphatic carbocycles. The van der Waals surface area contributed by atoms with Crippen LogP contribution in [0.3, 0.4) is 0 Å². The van der Waals surface area contributed by atoms with Gasteiger partial charge in [-0.25, -0.2) is 0 Å². The smallest absolute Gasteiger partial charge is 0.224 e. The second-order valence-electron chi connectivity index (χ2n) is 6.40. The Labute approximate surface area is 158 Å². The number of benzene rings is 1. The molecule has 1 heterocycles. The summed E-state index contributed by atoms with van der Waals surface area (Å²) in [4.78, 5) is 18.8. The van der Waals surface area contributed by atoms with Gasteiger partial charge in [-0.15, -0.1) is 0 Å². The molecule has 0 aromatic heterocycles. The van der Waals surface area contributed by atoms with Gasteiger partial charge in [0.25, 0.3) is 0 Å². The van der Waals surface area contributed by atoms with E-state index >= 15 is 0 Å². The van der Waals surface area contributed by atoms with Crippen molar-refractivity contribution in [2.75, 3.05) is 4.90 Å². The summed E-state index contributed by atoms with van der Waals surface area (Å²) >= 11 is 3.54. The van der Waals surface area contributed by atoms with Crippen molar-refractivity contribution in [1.82, 2.24) is 5.32 Å². The molecule has 0 spiro atoms. The zero-order valence-corrected chi connectivity index (χ0v) is 16.9. The van der Waals surface area contributed by atoms with Crippen LogP contribution in [-0.2, 0) is 4.79 Å². The maximum absolute atomic E-state index is 12.1. The minimum absolute atomic E-state index is 0.0195. The van der Waals surface area contributed by atoms with Gasteiger partial charge in [0, 0.05) is 34.9 Å². The Bertz CT molecular complexity index is 724. The average Bonchev–Trinajstić information content (AvgIpc) is 2.58. The first kappa shape index (κ1) is 19.4. The Morgan fingerprint density at radius 3 is 2.80 bits per heavy atom. The van der Waals surface area contributed by atoms with E-state index in [-0.39, 0.29) is 18.0 Å². The second-order valence-corrected chi connectivity index (χ2v) is 7.32. The Balaban J connectivity index is 2.42. The number of hydrogen-bond acceptors (Lipinski definition) is 2. The third-order valence-electron chi connectivity index (χ3n) is 4.46. The zero-order valence-electron chi connectivity index (χ0n) is 15.3. The van der Waals surface area contributed by atoms with E-state index in [1.54, 1.807) is 13.0 Å². The van der Waals surface area contributed by atoms with Gasteiger partial charge in [0.2, 0.25) is 5.91 Å². The van der Waals surface area contributed by atoms with E-state index in [1.807, 2.05) is 23.2 Å². The van der Waals surface area contributed by atoms with E-state index in [0.29, 0.717) is 0 Å². The highest BCUT2D eigenvalue weighted by atomic mass is 79.9. The van der Waals surface area contributed by atoms with Gasteiger partial charge in [-0.1, -0.05) is 35.0 Å². The quantitative estimate of drug-likeness (QED) is 0.559. The summed E-state index contributed by atoms with van der Waals surface area (Å²) in [6.07, 6.45) is 5.47. The van der Waals surface area contributed by atoms with E-state index in [4.69, 9.17) is 4.99 Å². The van der Waals surface area contributed by atoms with Gasteiger partial charge in [-0.2, -0.15) is 0 Å². The molecule has 0 fully saturated rings. The van der Waals surface area contributed by atoms with Crippen LogP contribution < -0.4 is 10.2 Å². The van der Waals surface area contributed by atoms with Gasteiger partial charge < -0.3 is 10.2 Å². The van der Waals surface area contributed by atoms with Crippen molar-refractivity contribution in [3.8, 4) is 0 Å². The van der Waals surface area contributed by atoms with Gasteiger partial charge in [-0.3, -0.25) is 9.79 Å². The molecule has 1 N–H and O–H groups in total. The zero-order chi connectivity index (χ0) is 18.6. The van der Waals surface area contributed by atoms with Crippen molar-refractivity contribution in [3.63, 3.8) is 0 Å². The number of nitrogens with zero attached hydrogens (tertiary/aromatic N) is 2. The van der Waals surface area contributed by atoms with Gasteiger partial charge in [0.15, 0.2) is 0 Å². The normalized spacial score (nSPS) is 20.9. The number of rotatable bonds is 4. The number of fused-ring (bicyclic) bond motifs is 1. The summed E-state index contributed by atoms with van der Waals surface area (Å²) in [6.45, 7) is 11.7. The van der Waals surface area contributed by atoms with Crippen LogP contribution in [0.2, 0.25) is 0 Å². The summed E-state index contributed by atoms with van der Waals surface area (Å²) in [5, 5.41) is 3.24. The molecule has 2 unspecified atom stereocenters. The Kier molecular flexibility index (Phi) is 6.59. The molecule has 0 radical (unpaired) electrons. The van der Waals surface area contributed by atoms with Crippen LogP contribution in [-0.4, -0.2) is 17.8 Å². The van der Waals surface area contributed by atoms with Crippen molar-refractivity contribution in [3.05, 3.63) is 52.7 Å². The predicted molar refractivity (Wildman–Crippen MR) is 109 cm³/mol. The molecule has 134 valence electrons. The molecule has 0 saturated carbocycles. The molecule has 1 aliphatic rings. The SMILES string of the molecule is C=CC(=NC1CC(C)N(C(C)=O)c2ccc(Br)cc21)NC=C(C)CC. The predicted octanol–water partition coefficient (Wildman–Crippen LogP) is 5.12. The van der Waals surface area contributed by atoms with Gasteiger partial charge in [0.1, 0.15) is 5.84 Å². The number of anilines is 1. The van der Waals surface area contributed by atoms with Crippen LogP contribution in [0.25, 0.3) is 0 Å². The molecule has 4 nitrogen and oxygen atoms in total. The lowest BCUT2D eigenvalue weighted by Crippen LogP contribution is -2.42. The molecule has 2 rings (SSSR count). The highest BCUT2D eigenvalue weighted by molar-refractivity contribution is 9.10. The first-order valence-corrected chi connectivity index (χ1v) is 9.38. The van der Waals surface area contributed by atoms with Crippen molar-refractivity contribution in [2.24, 2.45) is 4.99 Å². The number of amidine groups is 1. The number of allylic oxidation sites excluding steroid dienone is 1. The Morgan fingerprint density at radius 1 is 1.48 bits per heavy atom. The molecule has 5 heteroatoms. The number of aliphatic imine (C=N–C) groups is 1. The molecule has 1 aromatic rings. The maximum Gasteiger partial charge on any atom is 0.224 e. The van der Waals surface area contributed by atoms with Gasteiger partial charge >= 0.3 is 0 Å². The first-order valence-electron chi connectivity index (χ1n) is 8.59. The van der Waals surface area contributed by atoms with Crippen LogP contribution in [0.1, 0.15) is 52.1 Å². The van der Waals surface area contributed by atoms with Crippen LogP contribution in [0.5, 0.6) is 0 Å². The summed E-state index contributed by atoms with van der Waals surface area (Å²) in [5.74, 6) is 0.800. The number of carbonyl (C=O) groups is 1. The Hall–Kier alpha value is -1.88. The first-order chi connectivity index (χ1) is 11.9. The minimum Gasteiger partial charge on any atom is -0.347 e. The van der Waals surface area contributed by atoms with Crippen LogP contribution in [0.4, 0.5) is 5.69 Å².